The molecule has 0 saturated carbocycles. The number of methoxy groups -OCH3 is 1. The van der Waals surface area contributed by atoms with E-state index in [1.54, 1.807) is 25.1 Å². The molecule has 0 amide bonds. The topological polar surface area (TPSA) is 55.6 Å². The number of ether oxygens (including phenoxy) is 1. The normalized spacial score (nSPS) is 11.4. The fourth-order valence-electron chi connectivity index (χ4n) is 1.91. The minimum Gasteiger partial charge on any atom is -0.465 e. The minimum atomic E-state index is -0.592. The smallest absolute Gasteiger partial charge is 0.343 e. The zero-order valence-corrected chi connectivity index (χ0v) is 13.0. The van der Waals surface area contributed by atoms with Gasteiger partial charge in [0, 0.05) is 14.1 Å². The van der Waals surface area contributed by atoms with Crippen molar-refractivity contribution in [1.82, 2.24) is 10.1 Å². The largest absolute Gasteiger partial charge is 0.465 e. The molecule has 2 aromatic rings. The lowest BCUT2D eigenvalue weighted by Gasteiger charge is -2.19. The number of hydrogen-bond donors (Lipinski definition) is 0. The van der Waals surface area contributed by atoms with Gasteiger partial charge in [-0.05, 0) is 18.2 Å². The average Bonchev–Trinajstić information content (AvgIpc) is 2.93. The molecule has 0 N–H and O–H groups in total. The van der Waals surface area contributed by atoms with Crippen LogP contribution in [-0.2, 0) is 4.74 Å². The van der Waals surface area contributed by atoms with Gasteiger partial charge in [-0.3, -0.25) is 0 Å². The number of carbonyl (C=O) groups excluding carboxylic acids is 1. The monoisotopic (exact) mass is 324 g/mol. The molecular formula is C15H14ClFN2O3. The van der Waals surface area contributed by atoms with Crippen LogP contribution in [0, 0.1) is 5.82 Å². The number of nitrogens with zero attached hydrogens (tertiary/aromatic N) is 2. The summed E-state index contributed by atoms with van der Waals surface area (Å²) in [7, 11) is 4.71. The highest BCUT2D eigenvalue weighted by atomic mass is 35.5. The molecule has 0 bridgehead atoms. The minimum absolute atomic E-state index is 0.148. The van der Waals surface area contributed by atoms with Gasteiger partial charge >= 0.3 is 5.97 Å². The van der Waals surface area contributed by atoms with Crippen LogP contribution in [0.3, 0.4) is 0 Å². The van der Waals surface area contributed by atoms with E-state index in [0.29, 0.717) is 5.70 Å². The van der Waals surface area contributed by atoms with Crippen molar-refractivity contribution in [3.05, 3.63) is 52.1 Å². The molecule has 1 heterocycles. The average molecular weight is 325 g/mol. The Hall–Kier alpha value is -2.34. The number of halogens is 2. The Bertz CT molecular complexity index is 705. The van der Waals surface area contributed by atoms with Gasteiger partial charge in [0.15, 0.2) is 0 Å². The van der Waals surface area contributed by atoms with Crippen LogP contribution in [0.2, 0.25) is 5.02 Å². The highest BCUT2D eigenvalue weighted by molar-refractivity contribution is 6.32. The zero-order valence-electron chi connectivity index (χ0n) is 12.3. The number of benzene rings is 1. The van der Waals surface area contributed by atoms with E-state index in [-0.39, 0.29) is 21.8 Å². The Morgan fingerprint density at radius 3 is 2.77 bits per heavy atom. The van der Waals surface area contributed by atoms with Crippen molar-refractivity contribution in [2.75, 3.05) is 21.2 Å². The summed E-state index contributed by atoms with van der Waals surface area (Å²) in [5, 5.41) is 4.00. The van der Waals surface area contributed by atoms with Crippen molar-refractivity contribution in [1.29, 1.82) is 0 Å². The lowest BCUT2D eigenvalue weighted by molar-refractivity contribution is 0.0599. The highest BCUT2D eigenvalue weighted by Crippen LogP contribution is 2.30. The molecule has 0 aliphatic rings. The molecule has 5 nitrogen and oxygen atoms in total. The van der Waals surface area contributed by atoms with Gasteiger partial charge in [-0.15, -0.1) is 0 Å². The molecule has 0 aliphatic heterocycles. The molecule has 22 heavy (non-hydrogen) atoms. The molecular weight excluding hydrogens is 311 g/mol. The number of hydrogen-bond acceptors (Lipinski definition) is 5. The standard InChI is InChI=1S/C15H14ClFN2O3/c1-19(2)13(14-10(16)5-4-6-11(14)17)7-12-9(8-22-18-12)15(20)21-3/h4-8H,1-3H3. The van der Waals surface area contributed by atoms with E-state index >= 15 is 0 Å². The predicted octanol–water partition coefficient (Wildman–Crippen LogP) is 3.31. The van der Waals surface area contributed by atoms with E-state index in [4.69, 9.17) is 16.1 Å². The quantitative estimate of drug-likeness (QED) is 0.808. The third kappa shape index (κ3) is 3.12. The molecule has 0 spiro atoms. The van der Waals surface area contributed by atoms with E-state index < -0.39 is 11.8 Å². The number of aromatic nitrogens is 1. The first-order valence-corrected chi connectivity index (χ1v) is 6.69. The predicted molar refractivity (Wildman–Crippen MR) is 80.8 cm³/mol. The Balaban J connectivity index is 2.59. The summed E-state index contributed by atoms with van der Waals surface area (Å²) in [6.45, 7) is 0. The Morgan fingerprint density at radius 2 is 2.18 bits per heavy atom. The number of esters is 1. The van der Waals surface area contributed by atoms with Gasteiger partial charge in [0.05, 0.1) is 23.4 Å². The second-order valence-corrected chi connectivity index (χ2v) is 5.03. The molecule has 0 atom stereocenters. The van der Waals surface area contributed by atoms with E-state index in [0.717, 1.165) is 0 Å². The molecule has 116 valence electrons. The Morgan fingerprint density at radius 1 is 1.45 bits per heavy atom. The summed E-state index contributed by atoms with van der Waals surface area (Å²) >= 11 is 6.10. The van der Waals surface area contributed by atoms with Crippen molar-refractivity contribution in [2.45, 2.75) is 0 Å². The fraction of sp³-hybridized carbons (Fsp3) is 0.200. The fourth-order valence-corrected chi connectivity index (χ4v) is 2.17. The number of carbonyl (C=O) groups is 1. The Labute approximate surface area is 131 Å². The van der Waals surface area contributed by atoms with Crippen LogP contribution in [0.5, 0.6) is 0 Å². The first-order valence-electron chi connectivity index (χ1n) is 6.31. The molecule has 2 rings (SSSR count). The number of rotatable bonds is 4. The van der Waals surface area contributed by atoms with Gasteiger partial charge in [-0.2, -0.15) is 0 Å². The molecule has 1 aromatic carbocycles. The molecule has 0 fully saturated rings. The van der Waals surface area contributed by atoms with Gasteiger partial charge in [-0.25, -0.2) is 9.18 Å². The van der Waals surface area contributed by atoms with Crippen molar-refractivity contribution >= 4 is 29.3 Å². The van der Waals surface area contributed by atoms with Gasteiger partial charge in [0.2, 0.25) is 0 Å². The molecule has 0 radical (unpaired) electrons. The highest BCUT2D eigenvalue weighted by Gasteiger charge is 2.19. The van der Waals surface area contributed by atoms with Gasteiger partial charge in [-0.1, -0.05) is 22.8 Å². The molecule has 0 unspecified atom stereocenters. The maximum Gasteiger partial charge on any atom is 0.343 e. The van der Waals surface area contributed by atoms with Crippen LogP contribution in [-0.4, -0.2) is 37.2 Å². The maximum atomic E-state index is 14.1. The summed E-state index contributed by atoms with van der Waals surface area (Å²) in [6.07, 6.45) is 2.69. The van der Waals surface area contributed by atoms with E-state index in [1.165, 1.54) is 31.6 Å². The summed E-state index contributed by atoms with van der Waals surface area (Å²) in [4.78, 5) is 13.3. The molecule has 0 aliphatic carbocycles. The second-order valence-electron chi connectivity index (χ2n) is 4.63. The van der Waals surface area contributed by atoms with Crippen LogP contribution >= 0.6 is 11.6 Å². The zero-order chi connectivity index (χ0) is 16.3. The van der Waals surface area contributed by atoms with Gasteiger partial charge < -0.3 is 14.2 Å². The summed E-state index contributed by atoms with van der Waals surface area (Å²) in [5.74, 6) is -1.07. The third-order valence-electron chi connectivity index (χ3n) is 2.98. The first-order chi connectivity index (χ1) is 10.5. The summed E-state index contributed by atoms with van der Waals surface area (Å²) in [5.41, 5.74) is 1.04. The third-order valence-corrected chi connectivity index (χ3v) is 3.29. The summed E-state index contributed by atoms with van der Waals surface area (Å²) in [6, 6.07) is 4.41. The van der Waals surface area contributed by atoms with Gasteiger partial charge in [0.25, 0.3) is 0 Å². The molecule has 0 saturated heterocycles. The van der Waals surface area contributed by atoms with Crippen LogP contribution in [0.1, 0.15) is 21.6 Å². The second kappa shape index (κ2) is 6.62. The van der Waals surface area contributed by atoms with E-state index in [2.05, 4.69) is 9.89 Å². The lowest BCUT2D eigenvalue weighted by Crippen LogP contribution is -2.12. The summed E-state index contributed by atoms with van der Waals surface area (Å²) < 4.78 is 23.6. The maximum absolute atomic E-state index is 14.1. The van der Waals surface area contributed by atoms with Crippen LogP contribution < -0.4 is 0 Å². The van der Waals surface area contributed by atoms with Crippen LogP contribution in [0.15, 0.2) is 29.0 Å². The van der Waals surface area contributed by atoms with Crippen LogP contribution in [0.4, 0.5) is 4.39 Å². The van der Waals surface area contributed by atoms with Crippen LogP contribution in [0.25, 0.3) is 11.8 Å². The van der Waals surface area contributed by atoms with Crippen molar-refractivity contribution in [3.8, 4) is 0 Å². The SMILES string of the molecule is COC(=O)c1conc1C=C(c1c(F)cccc1Cl)N(C)C. The van der Waals surface area contributed by atoms with Crippen molar-refractivity contribution in [2.24, 2.45) is 0 Å². The lowest BCUT2D eigenvalue weighted by atomic mass is 10.1. The Kier molecular flexibility index (Phi) is 4.82. The van der Waals surface area contributed by atoms with E-state index in [9.17, 15) is 9.18 Å². The van der Waals surface area contributed by atoms with Crippen molar-refractivity contribution in [3.63, 3.8) is 0 Å². The molecule has 7 heteroatoms. The molecule has 1 aromatic heterocycles. The van der Waals surface area contributed by atoms with Crippen molar-refractivity contribution < 1.29 is 18.4 Å². The van der Waals surface area contributed by atoms with E-state index in [1.807, 2.05) is 0 Å². The first kappa shape index (κ1) is 16.0. The van der Waals surface area contributed by atoms with Gasteiger partial charge in [0.1, 0.15) is 23.3 Å².